The molecule has 2 heterocycles. The van der Waals surface area contributed by atoms with Crippen LogP contribution < -0.4 is 15.5 Å². The zero-order chi connectivity index (χ0) is 19.2. The summed E-state index contributed by atoms with van der Waals surface area (Å²) < 4.78 is 5.31. The number of rotatable bonds is 5. The fourth-order valence-electron chi connectivity index (χ4n) is 3.31. The van der Waals surface area contributed by atoms with E-state index >= 15 is 0 Å². The molecule has 0 bridgehead atoms. The van der Waals surface area contributed by atoms with E-state index in [4.69, 9.17) is 16.6 Å². The van der Waals surface area contributed by atoms with Crippen molar-refractivity contribution < 1.29 is 14.1 Å². The Kier molecular flexibility index (Phi) is 6.47. The number of thiocarbonyl (C=S) groups is 1. The number of furan rings is 1. The monoisotopic (exact) mass is 387 g/mol. The number of anilines is 1. The van der Waals surface area contributed by atoms with Gasteiger partial charge in [-0.3, -0.25) is 4.79 Å². The van der Waals surface area contributed by atoms with Crippen LogP contribution in [0.25, 0.3) is 0 Å². The third kappa shape index (κ3) is 5.30. The normalized spacial score (nSPS) is 14.8. The summed E-state index contributed by atoms with van der Waals surface area (Å²) in [6, 6.07) is 9.83. The maximum Gasteiger partial charge on any atom is 0.279 e. The highest BCUT2D eigenvalue weighted by Gasteiger charge is 2.24. The van der Waals surface area contributed by atoms with Crippen LogP contribution in [0.5, 0.6) is 0 Å². The highest BCUT2D eigenvalue weighted by molar-refractivity contribution is 7.80. The molecule has 0 saturated carbocycles. The summed E-state index contributed by atoms with van der Waals surface area (Å²) in [6.07, 6.45) is 1.66. The van der Waals surface area contributed by atoms with Crippen LogP contribution in [0, 0.1) is 13.8 Å². The Morgan fingerprint density at radius 2 is 1.89 bits per heavy atom. The molecule has 3 rings (SSSR count). The van der Waals surface area contributed by atoms with Crippen molar-refractivity contribution in [3.63, 3.8) is 0 Å². The minimum atomic E-state index is 0.0642. The Hall–Kier alpha value is -2.38. The zero-order valence-electron chi connectivity index (χ0n) is 15.9. The number of nitrogens with zero attached hydrogens (tertiary/aromatic N) is 1. The first-order chi connectivity index (χ1) is 13.0. The Balaban J connectivity index is 1.42. The lowest BCUT2D eigenvalue weighted by atomic mass is 10.1. The van der Waals surface area contributed by atoms with Crippen LogP contribution in [-0.4, -0.2) is 48.6 Å². The zero-order valence-corrected chi connectivity index (χ0v) is 16.7. The minimum absolute atomic E-state index is 0.0642. The van der Waals surface area contributed by atoms with E-state index in [2.05, 4.69) is 15.5 Å². The van der Waals surface area contributed by atoms with Crippen molar-refractivity contribution in [2.75, 3.05) is 38.0 Å². The van der Waals surface area contributed by atoms with Gasteiger partial charge in [0.25, 0.3) is 5.91 Å². The van der Waals surface area contributed by atoms with Gasteiger partial charge >= 0.3 is 0 Å². The third-order valence-electron chi connectivity index (χ3n) is 4.91. The van der Waals surface area contributed by atoms with E-state index in [9.17, 15) is 4.79 Å². The molecule has 0 aliphatic carbocycles. The SMILES string of the molecule is Cc1cccc(C)c1NC(=O)C[NH+]1CCN(C(=S)NCc2ccco2)CC1. The van der Waals surface area contributed by atoms with Gasteiger partial charge in [0, 0.05) is 5.69 Å². The molecule has 1 aliphatic rings. The van der Waals surface area contributed by atoms with Crippen LogP contribution in [0.15, 0.2) is 41.0 Å². The number of para-hydroxylation sites is 1. The van der Waals surface area contributed by atoms with Gasteiger partial charge in [-0.05, 0) is 49.3 Å². The summed E-state index contributed by atoms with van der Waals surface area (Å²) in [4.78, 5) is 15.9. The fourth-order valence-corrected chi connectivity index (χ4v) is 3.57. The second kappa shape index (κ2) is 9.01. The molecule has 1 amide bonds. The average molecular weight is 388 g/mol. The number of piperazine rings is 1. The van der Waals surface area contributed by atoms with Crippen LogP contribution in [-0.2, 0) is 11.3 Å². The van der Waals surface area contributed by atoms with Gasteiger partial charge in [0.05, 0.1) is 39.0 Å². The van der Waals surface area contributed by atoms with E-state index in [-0.39, 0.29) is 5.91 Å². The van der Waals surface area contributed by atoms with Gasteiger partial charge in [-0.25, -0.2) is 0 Å². The molecule has 144 valence electrons. The fraction of sp³-hybridized carbons (Fsp3) is 0.400. The Morgan fingerprint density at radius 3 is 2.52 bits per heavy atom. The van der Waals surface area contributed by atoms with E-state index in [1.165, 1.54) is 4.90 Å². The van der Waals surface area contributed by atoms with Crippen molar-refractivity contribution in [2.24, 2.45) is 0 Å². The topological polar surface area (TPSA) is 62.0 Å². The second-order valence-corrected chi connectivity index (χ2v) is 7.35. The Bertz CT molecular complexity index is 763. The van der Waals surface area contributed by atoms with Crippen LogP contribution in [0.1, 0.15) is 16.9 Å². The van der Waals surface area contributed by atoms with Crippen molar-refractivity contribution >= 4 is 28.9 Å². The molecule has 6 nitrogen and oxygen atoms in total. The smallest absolute Gasteiger partial charge is 0.279 e. The number of carbonyl (C=O) groups is 1. The highest BCUT2D eigenvalue weighted by Crippen LogP contribution is 2.18. The van der Waals surface area contributed by atoms with Gasteiger partial charge in [-0.15, -0.1) is 0 Å². The first-order valence-electron chi connectivity index (χ1n) is 9.27. The number of quaternary nitrogens is 1. The summed E-state index contributed by atoms with van der Waals surface area (Å²) in [5.74, 6) is 0.930. The lowest BCUT2D eigenvalue weighted by Gasteiger charge is -2.33. The predicted molar refractivity (Wildman–Crippen MR) is 110 cm³/mol. The van der Waals surface area contributed by atoms with E-state index in [0.717, 1.165) is 53.9 Å². The molecular weight excluding hydrogens is 360 g/mol. The first-order valence-corrected chi connectivity index (χ1v) is 9.68. The minimum Gasteiger partial charge on any atom is -0.467 e. The number of amides is 1. The first kappa shape index (κ1) is 19.4. The molecule has 7 heteroatoms. The lowest BCUT2D eigenvalue weighted by molar-refractivity contribution is -0.895. The molecule has 27 heavy (non-hydrogen) atoms. The molecule has 0 radical (unpaired) electrons. The van der Waals surface area contributed by atoms with Crippen molar-refractivity contribution in [1.82, 2.24) is 10.2 Å². The van der Waals surface area contributed by atoms with Crippen LogP contribution >= 0.6 is 12.2 Å². The number of aryl methyl sites for hydroxylation is 2. The average Bonchev–Trinajstić information content (AvgIpc) is 3.17. The number of carbonyl (C=O) groups excluding carboxylic acids is 1. The van der Waals surface area contributed by atoms with Crippen LogP contribution in [0.2, 0.25) is 0 Å². The van der Waals surface area contributed by atoms with Gasteiger partial charge < -0.3 is 24.9 Å². The van der Waals surface area contributed by atoms with Crippen molar-refractivity contribution in [3.05, 3.63) is 53.5 Å². The molecule has 0 spiro atoms. The number of hydrogen-bond acceptors (Lipinski definition) is 3. The molecular formula is C20H27N4O2S+. The summed E-state index contributed by atoms with van der Waals surface area (Å²) in [6.45, 7) is 8.58. The number of nitrogens with one attached hydrogen (secondary N) is 3. The molecule has 1 aromatic heterocycles. The number of hydrogen-bond donors (Lipinski definition) is 3. The Labute approximate surface area is 165 Å². The van der Waals surface area contributed by atoms with Gasteiger partial charge in [0.1, 0.15) is 5.76 Å². The Morgan fingerprint density at radius 1 is 1.19 bits per heavy atom. The third-order valence-corrected chi connectivity index (χ3v) is 5.31. The quantitative estimate of drug-likeness (QED) is 0.671. The van der Waals surface area contributed by atoms with Crippen LogP contribution in [0.4, 0.5) is 5.69 Å². The van der Waals surface area contributed by atoms with Gasteiger partial charge in [-0.2, -0.15) is 0 Å². The predicted octanol–water partition coefficient (Wildman–Crippen LogP) is 1.11. The summed E-state index contributed by atoms with van der Waals surface area (Å²) in [5, 5.41) is 7.05. The molecule has 1 fully saturated rings. The molecule has 1 aliphatic heterocycles. The van der Waals surface area contributed by atoms with Crippen molar-refractivity contribution in [1.29, 1.82) is 0 Å². The summed E-state index contributed by atoms with van der Waals surface area (Å²) in [7, 11) is 0. The molecule has 1 aromatic carbocycles. The van der Waals surface area contributed by atoms with Gasteiger partial charge in [-0.1, -0.05) is 18.2 Å². The van der Waals surface area contributed by atoms with Crippen molar-refractivity contribution in [3.8, 4) is 0 Å². The maximum atomic E-state index is 12.4. The highest BCUT2D eigenvalue weighted by atomic mass is 32.1. The van der Waals surface area contributed by atoms with Gasteiger partial charge in [0.2, 0.25) is 0 Å². The lowest BCUT2D eigenvalue weighted by Crippen LogP contribution is -3.15. The summed E-state index contributed by atoms with van der Waals surface area (Å²) >= 11 is 5.47. The largest absolute Gasteiger partial charge is 0.467 e. The number of benzene rings is 1. The van der Waals surface area contributed by atoms with Crippen LogP contribution in [0.3, 0.4) is 0 Å². The van der Waals surface area contributed by atoms with Gasteiger partial charge in [0.15, 0.2) is 11.7 Å². The van der Waals surface area contributed by atoms with E-state index < -0.39 is 0 Å². The standard InChI is InChI=1S/C20H26N4O2S/c1-15-5-3-6-16(2)19(15)22-18(25)14-23-8-10-24(11-9-23)20(27)21-13-17-7-4-12-26-17/h3-7,12H,8-11,13-14H2,1-2H3,(H,21,27)(H,22,25)/p+1. The molecule has 3 N–H and O–H groups in total. The van der Waals surface area contributed by atoms with E-state index in [0.29, 0.717) is 13.1 Å². The van der Waals surface area contributed by atoms with E-state index in [1.807, 2.05) is 44.2 Å². The molecule has 1 saturated heterocycles. The molecule has 0 unspecified atom stereocenters. The van der Waals surface area contributed by atoms with Crippen molar-refractivity contribution in [2.45, 2.75) is 20.4 Å². The maximum absolute atomic E-state index is 12.4. The summed E-state index contributed by atoms with van der Waals surface area (Å²) in [5.41, 5.74) is 3.12. The second-order valence-electron chi connectivity index (χ2n) is 6.97. The molecule has 0 atom stereocenters. The molecule has 2 aromatic rings. The van der Waals surface area contributed by atoms with E-state index in [1.54, 1.807) is 6.26 Å².